The molecule has 0 unspecified atom stereocenters. The quantitative estimate of drug-likeness (QED) is 0.752. The minimum absolute atomic E-state index is 0.0237. The van der Waals surface area contributed by atoms with Gasteiger partial charge in [-0.2, -0.15) is 0 Å². The summed E-state index contributed by atoms with van der Waals surface area (Å²) in [5.41, 5.74) is 1.90. The zero-order chi connectivity index (χ0) is 18.0. The van der Waals surface area contributed by atoms with Crippen molar-refractivity contribution in [2.75, 3.05) is 19.6 Å². The lowest BCUT2D eigenvalue weighted by atomic mass is 9.87. The first-order valence-corrected chi connectivity index (χ1v) is 9.42. The van der Waals surface area contributed by atoms with Crippen LogP contribution >= 0.6 is 0 Å². The molecule has 1 spiro atoms. The predicted molar refractivity (Wildman–Crippen MR) is 99.1 cm³/mol. The highest BCUT2D eigenvalue weighted by Crippen LogP contribution is 2.40. The second-order valence-electron chi connectivity index (χ2n) is 7.44. The summed E-state index contributed by atoms with van der Waals surface area (Å²) in [6, 6.07) is 14.2. The normalized spacial score (nSPS) is 18.5. The molecule has 136 valence electrons. The van der Waals surface area contributed by atoms with E-state index in [1.165, 1.54) is 17.7 Å². The van der Waals surface area contributed by atoms with Crippen molar-refractivity contribution in [3.63, 3.8) is 0 Å². The van der Waals surface area contributed by atoms with Crippen LogP contribution in [0.2, 0.25) is 0 Å². The van der Waals surface area contributed by atoms with Crippen LogP contribution in [0, 0.1) is 5.82 Å². The van der Waals surface area contributed by atoms with Gasteiger partial charge >= 0.3 is 0 Å². The average molecular weight is 353 g/mol. The maximum Gasteiger partial charge on any atom is 0.162 e. The van der Waals surface area contributed by atoms with Crippen molar-refractivity contribution < 1.29 is 13.9 Å². The zero-order valence-electron chi connectivity index (χ0n) is 14.9. The van der Waals surface area contributed by atoms with Gasteiger partial charge in [-0.15, -0.1) is 0 Å². The number of likely N-dealkylation sites (tertiary alicyclic amines) is 1. The summed E-state index contributed by atoms with van der Waals surface area (Å²) in [5, 5.41) is 0. The van der Waals surface area contributed by atoms with E-state index in [0.29, 0.717) is 12.0 Å². The van der Waals surface area contributed by atoms with Gasteiger partial charge in [-0.3, -0.25) is 4.79 Å². The number of hydrogen-bond donors (Lipinski definition) is 0. The highest BCUT2D eigenvalue weighted by molar-refractivity contribution is 5.95. The zero-order valence-corrected chi connectivity index (χ0v) is 14.9. The summed E-state index contributed by atoms with van der Waals surface area (Å²) in [5.74, 6) is 0.832. The van der Waals surface area contributed by atoms with Crippen molar-refractivity contribution in [1.29, 1.82) is 0 Å². The van der Waals surface area contributed by atoms with Gasteiger partial charge in [-0.1, -0.05) is 18.2 Å². The molecule has 1 saturated heterocycles. The van der Waals surface area contributed by atoms with E-state index in [9.17, 15) is 9.18 Å². The second kappa shape index (κ2) is 7.20. The molecule has 2 heterocycles. The lowest BCUT2D eigenvalue weighted by Crippen LogP contribution is -2.47. The number of ketones is 1. The number of carbonyl (C=O) groups excluding carboxylic acids is 1. The first-order chi connectivity index (χ1) is 12.6. The van der Waals surface area contributed by atoms with E-state index in [1.54, 1.807) is 12.1 Å². The standard InChI is InChI=1S/C22H24FNO2/c23-19-9-7-17(8-10-19)20(25)5-3-13-24-14-11-22(12-15-24)16-18-4-1-2-6-21(18)26-22/h1-2,4,6-10H,3,5,11-16H2. The predicted octanol–water partition coefficient (Wildman–Crippen LogP) is 4.26. The number of piperidine rings is 1. The summed E-state index contributed by atoms with van der Waals surface area (Å²) in [4.78, 5) is 14.6. The fourth-order valence-corrected chi connectivity index (χ4v) is 4.07. The number of nitrogens with zero attached hydrogens (tertiary/aromatic N) is 1. The number of fused-ring (bicyclic) bond motifs is 1. The molecule has 0 aliphatic carbocycles. The van der Waals surface area contributed by atoms with Gasteiger partial charge in [0.05, 0.1) is 0 Å². The molecule has 2 aromatic carbocycles. The van der Waals surface area contributed by atoms with E-state index in [2.05, 4.69) is 23.1 Å². The van der Waals surface area contributed by atoms with Crippen LogP contribution in [-0.2, 0) is 6.42 Å². The van der Waals surface area contributed by atoms with E-state index < -0.39 is 0 Å². The Morgan fingerprint density at radius 1 is 1.08 bits per heavy atom. The third-order valence-corrected chi connectivity index (χ3v) is 5.62. The monoisotopic (exact) mass is 353 g/mol. The fraction of sp³-hybridized carbons (Fsp3) is 0.409. The van der Waals surface area contributed by atoms with Gasteiger partial charge in [-0.05, 0) is 48.9 Å². The number of carbonyl (C=O) groups is 1. The van der Waals surface area contributed by atoms with Crippen LogP contribution in [0.1, 0.15) is 41.6 Å². The van der Waals surface area contributed by atoms with Crippen molar-refractivity contribution in [2.45, 2.75) is 37.7 Å². The van der Waals surface area contributed by atoms with E-state index in [4.69, 9.17) is 4.74 Å². The Labute approximate surface area is 153 Å². The Balaban J connectivity index is 1.22. The molecule has 0 saturated carbocycles. The first kappa shape index (κ1) is 17.2. The van der Waals surface area contributed by atoms with Crippen molar-refractivity contribution >= 4 is 5.78 Å². The number of ether oxygens (including phenoxy) is 1. The van der Waals surface area contributed by atoms with Gasteiger partial charge in [0.2, 0.25) is 0 Å². The van der Waals surface area contributed by atoms with Crippen LogP contribution in [0.25, 0.3) is 0 Å². The number of halogens is 1. The van der Waals surface area contributed by atoms with Crippen LogP contribution in [0.3, 0.4) is 0 Å². The Morgan fingerprint density at radius 2 is 1.81 bits per heavy atom. The molecule has 4 heteroatoms. The number of para-hydroxylation sites is 1. The third kappa shape index (κ3) is 3.65. The number of benzene rings is 2. The maximum absolute atomic E-state index is 12.9. The molecule has 1 fully saturated rings. The van der Waals surface area contributed by atoms with Crippen molar-refractivity contribution in [1.82, 2.24) is 4.90 Å². The molecule has 0 bridgehead atoms. The summed E-state index contributed by atoms with van der Waals surface area (Å²) < 4.78 is 19.2. The first-order valence-electron chi connectivity index (χ1n) is 9.42. The molecular formula is C22H24FNO2. The Bertz CT molecular complexity index is 752. The molecule has 4 rings (SSSR count). The molecule has 0 aromatic heterocycles. The second-order valence-corrected chi connectivity index (χ2v) is 7.44. The Hall–Kier alpha value is -2.20. The minimum atomic E-state index is -0.305. The van der Waals surface area contributed by atoms with Crippen molar-refractivity contribution in [3.8, 4) is 5.75 Å². The van der Waals surface area contributed by atoms with E-state index in [-0.39, 0.29) is 17.2 Å². The molecule has 2 aliphatic heterocycles. The molecule has 3 nitrogen and oxygen atoms in total. The maximum atomic E-state index is 12.9. The molecule has 0 atom stereocenters. The molecule has 0 N–H and O–H groups in total. The third-order valence-electron chi connectivity index (χ3n) is 5.62. The van der Waals surface area contributed by atoms with Crippen molar-refractivity contribution in [3.05, 3.63) is 65.5 Å². The summed E-state index contributed by atoms with van der Waals surface area (Å²) in [6.45, 7) is 2.95. The Morgan fingerprint density at radius 3 is 2.54 bits per heavy atom. The number of rotatable bonds is 5. The lowest BCUT2D eigenvalue weighted by Gasteiger charge is -2.38. The van der Waals surface area contributed by atoms with Crippen LogP contribution in [0.5, 0.6) is 5.75 Å². The number of hydrogen-bond acceptors (Lipinski definition) is 3. The van der Waals surface area contributed by atoms with Crippen LogP contribution < -0.4 is 4.74 Å². The molecule has 2 aliphatic rings. The Kier molecular flexibility index (Phi) is 4.77. The average Bonchev–Trinajstić information content (AvgIpc) is 3.01. The van der Waals surface area contributed by atoms with E-state index >= 15 is 0 Å². The van der Waals surface area contributed by atoms with Crippen LogP contribution in [-0.4, -0.2) is 35.9 Å². The number of Topliss-reactive ketones (excluding diaryl/α,β-unsaturated/α-hetero) is 1. The lowest BCUT2D eigenvalue weighted by molar-refractivity contribution is 0.0190. The largest absolute Gasteiger partial charge is 0.487 e. The van der Waals surface area contributed by atoms with Crippen molar-refractivity contribution in [2.24, 2.45) is 0 Å². The fourth-order valence-electron chi connectivity index (χ4n) is 4.07. The van der Waals surface area contributed by atoms with E-state index in [1.807, 2.05) is 6.07 Å². The van der Waals surface area contributed by atoms with Gasteiger partial charge in [0.25, 0.3) is 0 Å². The highest BCUT2D eigenvalue weighted by atomic mass is 19.1. The minimum Gasteiger partial charge on any atom is -0.487 e. The SMILES string of the molecule is O=C(CCCN1CCC2(CC1)Cc1ccccc1O2)c1ccc(F)cc1. The van der Waals surface area contributed by atoms with Gasteiger partial charge in [0, 0.05) is 44.3 Å². The van der Waals surface area contributed by atoms with Crippen LogP contribution in [0.15, 0.2) is 48.5 Å². The van der Waals surface area contributed by atoms with Gasteiger partial charge in [-0.25, -0.2) is 4.39 Å². The summed E-state index contributed by atoms with van der Waals surface area (Å²) in [6.07, 6.45) is 4.43. The molecule has 0 radical (unpaired) electrons. The topological polar surface area (TPSA) is 29.5 Å². The molecular weight excluding hydrogens is 329 g/mol. The van der Waals surface area contributed by atoms with Crippen LogP contribution in [0.4, 0.5) is 4.39 Å². The molecule has 2 aromatic rings. The highest BCUT2D eigenvalue weighted by Gasteiger charge is 2.41. The smallest absolute Gasteiger partial charge is 0.162 e. The molecule has 26 heavy (non-hydrogen) atoms. The van der Waals surface area contributed by atoms with E-state index in [0.717, 1.165) is 51.1 Å². The molecule has 0 amide bonds. The summed E-state index contributed by atoms with van der Waals surface area (Å²) in [7, 11) is 0. The van der Waals surface area contributed by atoms with Gasteiger partial charge in [0.1, 0.15) is 17.2 Å². The van der Waals surface area contributed by atoms with Gasteiger partial charge in [0.15, 0.2) is 5.78 Å². The summed E-state index contributed by atoms with van der Waals surface area (Å²) >= 11 is 0. The van der Waals surface area contributed by atoms with Gasteiger partial charge < -0.3 is 9.64 Å².